The van der Waals surface area contributed by atoms with Gasteiger partial charge < -0.3 is 25.1 Å². The van der Waals surface area contributed by atoms with Crippen molar-refractivity contribution in [2.24, 2.45) is 5.41 Å². The smallest absolute Gasteiger partial charge is 0.407 e. The molecule has 1 spiro atoms. The monoisotopic (exact) mass is 322 g/mol. The molecule has 0 aromatic heterocycles. The van der Waals surface area contributed by atoms with Crippen molar-refractivity contribution in [2.75, 3.05) is 39.3 Å². The van der Waals surface area contributed by atoms with Crippen LogP contribution in [0.4, 0.5) is 9.59 Å². The Morgan fingerprint density at radius 1 is 1.13 bits per heavy atom. The van der Waals surface area contributed by atoms with Crippen LogP contribution in [0.3, 0.4) is 0 Å². The lowest BCUT2D eigenvalue weighted by atomic mass is 9.64. The Hall–Kier alpha value is -1.50. The summed E-state index contributed by atoms with van der Waals surface area (Å²) in [7, 11) is 0. The number of urea groups is 1. The second kappa shape index (κ2) is 5.54. The van der Waals surface area contributed by atoms with Crippen LogP contribution in [-0.2, 0) is 0 Å². The van der Waals surface area contributed by atoms with Crippen molar-refractivity contribution in [3.05, 3.63) is 0 Å². The summed E-state index contributed by atoms with van der Waals surface area (Å²) in [6, 6.07) is 1.12. The summed E-state index contributed by atoms with van der Waals surface area (Å²) in [5.74, 6) is 0. The Morgan fingerprint density at radius 2 is 1.87 bits per heavy atom. The van der Waals surface area contributed by atoms with E-state index in [1.165, 1.54) is 0 Å². The maximum absolute atomic E-state index is 11.8. The Balaban J connectivity index is 1.25. The zero-order chi connectivity index (χ0) is 16.0. The standard InChI is InChI=1S/C16H26N4O3/c21-14-17-4-8-20(14)12-1-5-18(6-2-12)13-9-16(10-13)3-7-19(11-16)15(22)23/h12-13H,1-11H2,(H,17,21)(H,22,23). The zero-order valence-electron chi connectivity index (χ0n) is 13.5. The molecule has 1 saturated carbocycles. The maximum atomic E-state index is 11.8. The van der Waals surface area contributed by atoms with Gasteiger partial charge in [-0.05, 0) is 37.5 Å². The second-order valence-corrected chi connectivity index (χ2v) is 7.71. The van der Waals surface area contributed by atoms with Gasteiger partial charge in [0.15, 0.2) is 0 Å². The summed E-state index contributed by atoms with van der Waals surface area (Å²) in [5, 5.41) is 12.0. The first-order valence-corrected chi connectivity index (χ1v) is 8.83. The fourth-order valence-electron chi connectivity index (χ4n) is 5.03. The van der Waals surface area contributed by atoms with E-state index in [4.69, 9.17) is 5.11 Å². The van der Waals surface area contributed by atoms with Gasteiger partial charge in [-0.1, -0.05) is 0 Å². The number of hydrogen-bond donors (Lipinski definition) is 2. The molecule has 0 atom stereocenters. The third-order valence-electron chi connectivity index (χ3n) is 6.39. The molecular formula is C16H26N4O3. The molecule has 3 saturated heterocycles. The summed E-state index contributed by atoms with van der Waals surface area (Å²) in [6.07, 6.45) is 4.68. The minimum atomic E-state index is -0.768. The number of piperidine rings is 1. The molecule has 1 aliphatic carbocycles. The second-order valence-electron chi connectivity index (χ2n) is 7.71. The zero-order valence-corrected chi connectivity index (χ0v) is 13.5. The number of carbonyl (C=O) groups is 2. The van der Waals surface area contributed by atoms with E-state index < -0.39 is 6.09 Å². The maximum Gasteiger partial charge on any atom is 0.407 e. The fourth-order valence-corrected chi connectivity index (χ4v) is 5.03. The highest BCUT2D eigenvalue weighted by molar-refractivity contribution is 5.76. The quantitative estimate of drug-likeness (QED) is 0.795. The molecule has 7 heteroatoms. The van der Waals surface area contributed by atoms with Crippen molar-refractivity contribution in [1.82, 2.24) is 20.0 Å². The minimum absolute atomic E-state index is 0.103. The number of nitrogens with one attached hydrogen (secondary N) is 1. The van der Waals surface area contributed by atoms with Crippen LogP contribution in [0.2, 0.25) is 0 Å². The first kappa shape index (κ1) is 15.1. The molecule has 4 fully saturated rings. The molecule has 0 bridgehead atoms. The minimum Gasteiger partial charge on any atom is -0.465 e. The van der Waals surface area contributed by atoms with Gasteiger partial charge in [0.1, 0.15) is 0 Å². The Labute approximate surface area is 136 Å². The van der Waals surface area contributed by atoms with Gasteiger partial charge >= 0.3 is 12.1 Å². The summed E-state index contributed by atoms with van der Waals surface area (Å²) in [6.45, 7) is 5.19. The van der Waals surface area contributed by atoms with E-state index in [9.17, 15) is 9.59 Å². The normalized spacial score (nSPS) is 35.7. The molecule has 2 N–H and O–H groups in total. The lowest BCUT2D eigenvalue weighted by Crippen LogP contribution is -2.56. The lowest BCUT2D eigenvalue weighted by molar-refractivity contribution is -0.0108. The lowest BCUT2D eigenvalue weighted by Gasteiger charge is -2.52. The number of rotatable bonds is 2. The molecular weight excluding hydrogens is 296 g/mol. The van der Waals surface area contributed by atoms with E-state index in [2.05, 4.69) is 10.2 Å². The first-order valence-electron chi connectivity index (χ1n) is 8.83. The van der Waals surface area contributed by atoms with Crippen LogP contribution in [0.25, 0.3) is 0 Å². The third-order valence-corrected chi connectivity index (χ3v) is 6.39. The Bertz CT molecular complexity index is 498. The summed E-state index contributed by atoms with van der Waals surface area (Å²) >= 11 is 0. The average molecular weight is 322 g/mol. The van der Waals surface area contributed by atoms with Crippen LogP contribution in [-0.4, -0.2) is 83.3 Å². The first-order chi connectivity index (χ1) is 11.1. The van der Waals surface area contributed by atoms with Gasteiger partial charge in [-0.25, -0.2) is 9.59 Å². The molecule has 0 aromatic rings. The summed E-state index contributed by atoms with van der Waals surface area (Å²) < 4.78 is 0. The van der Waals surface area contributed by atoms with Crippen molar-refractivity contribution in [1.29, 1.82) is 0 Å². The molecule has 3 aliphatic heterocycles. The highest BCUT2D eigenvalue weighted by atomic mass is 16.4. The van der Waals surface area contributed by atoms with Crippen molar-refractivity contribution in [2.45, 2.75) is 44.2 Å². The van der Waals surface area contributed by atoms with E-state index in [0.717, 1.165) is 64.8 Å². The summed E-state index contributed by atoms with van der Waals surface area (Å²) in [4.78, 5) is 29.0. The van der Waals surface area contributed by atoms with E-state index in [0.29, 0.717) is 18.6 Å². The number of hydrogen-bond acceptors (Lipinski definition) is 3. The van der Waals surface area contributed by atoms with Crippen molar-refractivity contribution >= 4 is 12.1 Å². The number of nitrogens with zero attached hydrogens (tertiary/aromatic N) is 3. The van der Waals surface area contributed by atoms with Gasteiger partial charge in [0.05, 0.1) is 0 Å². The van der Waals surface area contributed by atoms with Gasteiger partial charge in [0.2, 0.25) is 0 Å². The Kier molecular flexibility index (Phi) is 3.63. The van der Waals surface area contributed by atoms with Crippen molar-refractivity contribution in [3.63, 3.8) is 0 Å². The predicted octanol–water partition coefficient (Wildman–Crippen LogP) is 1.01. The van der Waals surface area contributed by atoms with Gasteiger partial charge in [-0.3, -0.25) is 0 Å². The molecule has 3 amide bonds. The molecule has 0 unspecified atom stereocenters. The van der Waals surface area contributed by atoms with Gasteiger partial charge in [-0.15, -0.1) is 0 Å². The van der Waals surface area contributed by atoms with Crippen LogP contribution in [0.1, 0.15) is 32.1 Å². The fraction of sp³-hybridized carbons (Fsp3) is 0.875. The topological polar surface area (TPSA) is 76.1 Å². The van der Waals surface area contributed by atoms with Crippen LogP contribution in [0.5, 0.6) is 0 Å². The SMILES string of the molecule is O=C(O)N1CCC2(CC(N3CCC(N4CCNC4=O)CC3)C2)C1. The number of likely N-dealkylation sites (tertiary alicyclic amines) is 2. The van der Waals surface area contributed by atoms with E-state index in [-0.39, 0.29) is 11.4 Å². The van der Waals surface area contributed by atoms with Crippen LogP contribution in [0.15, 0.2) is 0 Å². The molecule has 23 heavy (non-hydrogen) atoms. The van der Waals surface area contributed by atoms with Gasteiger partial charge in [0, 0.05) is 51.4 Å². The third kappa shape index (κ3) is 2.65. The molecule has 3 heterocycles. The number of amides is 3. The molecule has 128 valence electrons. The highest BCUT2D eigenvalue weighted by Crippen LogP contribution is 2.50. The number of carbonyl (C=O) groups excluding carboxylic acids is 1. The molecule has 4 aliphatic rings. The van der Waals surface area contributed by atoms with Crippen molar-refractivity contribution in [3.8, 4) is 0 Å². The van der Waals surface area contributed by atoms with Gasteiger partial charge in [0.25, 0.3) is 0 Å². The van der Waals surface area contributed by atoms with Gasteiger partial charge in [-0.2, -0.15) is 0 Å². The summed E-state index contributed by atoms with van der Waals surface area (Å²) in [5.41, 5.74) is 0.259. The average Bonchev–Trinajstić information content (AvgIpc) is 3.12. The number of carboxylic acid groups (broad SMARTS) is 1. The van der Waals surface area contributed by atoms with E-state index in [1.807, 2.05) is 4.90 Å². The molecule has 0 radical (unpaired) electrons. The molecule has 4 rings (SSSR count). The van der Waals surface area contributed by atoms with Crippen molar-refractivity contribution < 1.29 is 14.7 Å². The van der Waals surface area contributed by atoms with Crippen LogP contribution < -0.4 is 5.32 Å². The van der Waals surface area contributed by atoms with E-state index in [1.54, 1.807) is 4.90 Å². The highest BCUT2D eigenvalue weighted by Gasteiger charge is 2.51. The molecule has 0 aromatic carbocycles. The Morgan fingerprint density at radius 3 is 2.43 bits per heavy atom. The predicted molar refractivity (Wildman–Crippen MR) is 84.4 cm³/mol. The molecule has 7 nitrogen and oxygen atoms in total. The largest absolute Gasteiger partial charge is 0.465 e. The van der Waals surface area contributed by atoms with Crippen LogP contribution in [0, 0.1) is 5.41 Å². The van der Waals surface area contributed by atoms with Crippen LogP contribution >= 0.6 is 0 Å². The van der Waals surface area contributed by atoms with E-state index >= 15 is 0 Å².